The van der Waals surface area contributed by atoms with Gasteiger partial charge in [-0.2, -0.15) is 4.31 Å². The van der Waals surface area contributed by atoms with E-state index in [1.54, 1.807) is 0 Å². The second kappa shape index (κ2) is 10.3. The molecule has 0 aliphatic carbocycles. The van der Waals surface area contributed by atoms with Crippen molar-refractivity contribution in [3.63, 3.8) is 0 Å². The number of phosphoric ester groups is 1. The van der Waals surface area contributed by atoms with Gasteiger partial charge in [-0.25, -0.2) is 13.9 Å². The van der Waals surface area contributed by atoms with Gasteiger partial charge in [-0.1, -0.05) is 29.8 Å². The molecule has 0 bridgehead atoms. The van der Waals surface area contributed by atoms with Crippen LogP contribution < -0.4 is 11.2 Å². The lowest BCUT2D eigenvalue weighted by atomic mass is 10.1. The average molecular weight is 522 g/mol. The summed E-state index contributed by atoms with van der Waals surface area (Å²) in [5, 5.41) is 20.6. The van der Waals surface area contributed by atoms with Crippen molar-refractivity contribution in [3.05, 3.63) is 68.5 Å². The molecule has 1 saturated heterocycles. The first kappa shape index (κ1) is 26.6. The first-order valence-electron chi connectivity index (χ1n) is 9.91. The van der Waals surface area contributed by atoms with Gasteiger partial charge >= 0.3 is 21.3 Å². The van der Waals surface area contributed by atoms with E-state index in [1.165, 1.54) is 0 Å². The zero-order valence-corrected chi connectivity index (χ0v) is 19.6. The van der Waals surface area contributed by atoms with E-state index in [1.807, 2.05) is 31.2 Å². The first-order chi connectivity index (χ1) is 15.8. The standard InChI is InChI=1S/C18H24N2O12P2/c1-11-3-2-4-12(9-11)5-7-19-14(21)6-8-20(18(19)24)17-16(23)15(22)13(31-17)10-30-34(28,29)32-33(25,26)27/h2-4,6,8-9,13,15-17,22-23H,5,7,10H2,1H3,(H,28,29)(H2,25,26,27)/t13-,15-,16-,17-/m1/s1. The predicted octanol–water partition coefficient (Wildman–Crippen LogP) is -0.593. The number of rotatable bonds is 9. The van der Waals surface area contributed by atoms with Gasteiger partial charge in [0.2, 0.25) is 0 Å². The van der Waals surface area contributed by atoms with Crippen molar-refractivity contribution in [1.29, 1.82) is 0 Å². The lowest BCUT2D eigenvalue weighted by molar-refractivity contribution is -0.0548. The number of ether oxygens (including phenoxy) is 1. The molecule has 16 heteroatoms. The highest BCUT2D eigenvalue weighted by atomic mass is 31.3. The highest BCUT2D eigenvalue weighted by Gasteiger charge is 2.45. The Bertz CT molecular complexity index is 1240. The van der Waals surface area contributed by atoms with E-state index in [4.69, 9.17) is 14.5 Å². The van der Waals surface area contributed by atoms with Gasteiger partial charge in [-0.05, 0) is 18.9 Å². The molecule has 1 aromatic heterocycles. The normalized spacial score (nSPS) is 24.8. The number of nitrogens with zero attached hydrogens (tertiary/aromatic N) is 2. The maximum atomic E-state index is 12.9. The molecule has 0 spiro atoms. The predicted molar refractivity (Wildman–Crippen MR) is 115 cm³/mol. The molecule has 1 aliphatic heterocycles. The molecule has 0 radical (unpaired) electrons. The molecule has 1 unspecified atom stereocenters. The molecule has 0 saturated carbocycles. The Labute approximate surface area is 192 Å². The number of aliphatic hydroxyl groups is 2. The first-order valence-corrected chi connectivity index (χ1v) is 12.9. The molecule has 14 nitrogen and oxygen atoms in total. The Balaban J connectivity index is 1.76. The summed E-state index contributed by atoms with van der Waals surface area (Å²) in [4.78, 5) is 51.8. The molecule has 3 rings (SSSR count). The highest BCUT2D eigenvalue weighted by molar-refractivity contribution is 7.60. The van der Waals surface area contributed by atoms with Crippen LogP contribution >= 0.6 is 15.6 Å². The van der Waals surface area contributed by atoms with E-state index >= 15 is 0 Å². The monoisotopic (exact) mass is 522 g/mol. The Hall–Kier alpha value is -1.96. The number of benzene rings is 1. The third-order valence-corrected chi connectivity index (χ3v) is 7.18. The van der Waals surface area contributed by atoms with E-state index in [0.717, 1.165) is 32.5 Å². The minimum atomic E-state index is -5.35. The van der Waals surface area contributed by atoms with Gasteiger partial charge in [0.15, 0.2) is 6.23 Å². The van der Waals surface area contributed by atoms with Crippen molar-refractivity contribution in [1.82, 2.24) is 9.13 Å². The van der Waals surface area contributed by atoms with Gasteiger partial charge < -0.3 is 29.6 Å². The van der Waals surface area contributed by atoms with Crippen molar-refractivity contribution in [2.75, 3.05) is 6.61 Å². The van der Waals surface area contributed by atoms with Crippen LogP contribution in [0.4, 0.5) is 0 Å². The number of hydrogen-bond acceptors (Lipinski definition) is 9. The van der Waals surface area contributed by atoms with Gasteiger partial charge in [-0.15, -0.1) is 0 Å². The molecule has 1 aromatic carbocycles. The smallest absolute Gasteiger partial charge is 0.387 e. The van der Waals surface area contributed by atoms with Crippen LogP contribution in [0.1, 0.15) is 17.4 Å². The number of phosphoric acid groups is 2. The molecule has 34 heavy (non-hydrogen) atoms. The van der Waals surface area contributed by atoms with Gasteiger partial charge in [0.05, 0.1) is 6.61 Å². The Morgan fingerprint density at radius 1 is 1.09 bits per heavy atom. The molecule has 188 valence electrons. The number of aryl methyl sites for hydroxylation is 2. The van der Waals surface area contributed by atoms with Crippen LogP contribution in [0.2, 0.25) is 0 Å². The third kappa shape index (κ3) is 6.58. The summed E-state index contributed by atoms with van der Waals surface area (Å²) in [5.41, 5.74) is 0.504. The summed E-state index contributed by atoms with van der Waals surface area (Å²) in [6.07, 6.45) is -4.91. The molecule has 0 amide bonds. The summed E-state index contributed by atoms with van der Waals surface area (Å²) >= 11 is 0. The van der Waals surface area contributed by atoms with Crippen LogP contribution in [0.5, 0.6) is 0 Å². The van der Waals surface area contributed by atoms with Crippen LogP contribution in [0.25, 0.3) is 0 Å². The number of aromatic nitrogens is 2. The fraction of sp³-hybridized carbons (Fsp3) is 0.444. The van der Waals surface area contributed by atoms with Crippen molar-refractivity contribution in [2.24, 2.45) is 0 Å². The van der Waals surface area contributed by atoms with E-state index < -0.39 is 58.0 Å². The van der Waals surface area contributed by atoms with Crippen molar-refractivity contribution < 1.29 is 47.6 Å². The lowest BCUT2D eigenvalue weighted by Gasteiger charge is -2.19. The number of hydrogen-bond donors (Lipinski definition) is 5. The summed E-state index contributed by atoms with van der Waals surface area (Å²) in [5.74, 6) is 0. The quantitative estimate of drug-likeness (QED) is 0.262. The van der Waals surface area contributed by atoms with Crippen molar-refractivity contribution in [2.45, 2.75) is 44.4 Å². The average Bonchev–Trinajstić information content (AvgIpc) is 2.99. The minimum Gasteiger partial charge on any atom is -0.387 e. The summed E-state index contributed by atoms with van der Waals surface area (Å²) in [7, 11) is -10.6. The second-order valence-corrected chi connectivity index (χ2v) is 10.4. The summed E-state index contributed by atoms with van der Waals surface area (Å²) in [6.45, 7) is 1.03. The van der Waals surface area contributed by atoms with E-state index in [-0.39, 0.29) is 6.54 Å². The molecular weight excluding hydrogens is 498 g/mol. The molecule has 2 heterocycles. The topological polar surface area (TPSA) is 207 Å². The molecule has 1 aliphatic rings. The highest BCUT2D eigenvalue weighted by Crippen LogP contribution is 2.57. The largest absolute Gasteiger partial charge is 0.481 e. The summed E-state index contributed by atoms with van der Waals surface area (Å²) in [6, 6.07) is 8.59. The maximum Gasteiger partial charge on any atom is 0.481 e. The van der Waals surface area contributed by atoms with E-state index in [2.05, 4.69) is 8.83 Å². The Morgan fingerprint density at radius 2 is 1.79 bits per heavy atom. The van der Waals surface area contributed by atoms with Crippen LogP contribution in [-0.4, -0.2) is 58.9 Å². The van der Waals surface area contributed by atoms with Crippen molar-refractivity contribution in [3.8, 4) is 0 Å². The van der Waals surface area contributed by atoms with Crippen LogP contribution in [0, 0.1) is 6.92 Å². The maximum absolute atomic E-state index is 12.9. The van der Waals surface area contributed by atoms with Crippen molar-refractivity contribution >= 4 is 15.6 Å². The molecule has 5 atom stereocenters. The van der Waals surface area contributed by atoms with Crippen LogP contribution in [-0.2, 0) is 35.7 Å². The van der Waals surface area contributed by atoms with Crippen LogP contribution in [0.3, 0.4) is 0 Å². The van der Waals surface area contributed by atoms with E-state index in [0.29, 0.717) is 6.42 Å². The molecule has 1 fully saturated rings. The van der Waals surface area contributed by atoms with Gasteiger partial charge in [0.25, 0.3) is 5.56 Å². The van der Waals surface area contributed by atoms with Gasteiger partial charge in [0.1, 0.15) is 18.3 Å². The van der Waals surface area contributed by atoms with Crippen LogP contribution in [0.15, 0.2) is 46.1 Å². The Kier molecular flexibility index (Phi) is 8.10. The lowest BCUT2D eigenvalue weighted by Crippen LogP contribution is -2.43. The van der Waals surface area contributed by atoms with Gasteiger partial charge in [-0.3, -0.25) is 18.5 Å². The zero-order chi connectivity index (χ0) is 25.3. The minimum absolute atomic E-state index is 0.0350. The fourth-order valence-electron chi connectivity index (χ4n) is 3.46. The zero-order valence-electron chi connectivity index (χ0n) is 17.8. The summed E-state index contributed by atoms with van der Waals surface area (Å²) < 4.78 is 37.6. The second-order valence-electron chi connectivity index (χ2n) is 7.62. The number of aliphatic hydroxyl groups excluding tert-OH is 2. The van der Waals surface area contributed by atoms with E-state index in [9.17, 15) is 33.8 Å². The third-order valence-electron chi connectivity index (χ3n) is 5.02. The van der Waals surface area contributed by atoms with Gasteiger partial charge in [0, 0.05) is 18.8 Å². The molecule has 2 aromatic rings. The SMILES string of the molecule is Cc1cccc(CCn2c(=O)ccn([C@@H]3O[C@H](COP(=O)(O)OP(=O)(O)O)[C@@H](O)[C@H]3O)c2=O)c1. The Morgan fingerprint density at radius 3 is 2.44 bits per heavy atom. The fourth-order valence-corrected chi connectivity index (χ4v) is 5.06. The molecular formula is C18H24N2O12P2. The molecule has 5 N–H and O–H groups in total.